The number of hydrogen-bond acceptors (Lipinski definition) is 4. The van der Waals surface area contributed by atoms with E-state index in [1.165, 1.54) is 0 Å². The number of nitrogens with zero attached hydrogens (tertiary/aromatic N) is 2. The lowest BCUT2D eigenvalue weighted by atomic mass is 9.80. The number of hydrogen-bond donors (Lipinski definition) is 2. The third kappa shape index (κ3) is 4.21. The summed E-state index contributed by atoms with van der Waals surface area (Å²) in [6.07, 6.45) is 0. The Morgan fingerprint density at radius 1 is 1.00 bits per heavy atom. The molecule has 0 fully saturated rings. The Hall–Kier alpha value is -4.01. The summed E-state index contributed by atoms with van der Waals surface area (Å²) in [5.41, 5.74) is 11.2. The van der Waals surface area contributed by atoms with Crippen LogP contribution < -0.4 is 16.0 Å². The molecule has 1 aliphatic rings. The monoisotopic (exact) mass is 454 g/mol. The van der Waals surface area contributed by atoms with Gasteiger partial charge < -0.3 is 11.1 Å². The van der Waals surface area contributed by atoms with Crippen molar-refractivity contribution in [3.63, 3.8) is 0 Å². The fourth-order valence-electron chi connectivity index (χ4n) is 4.14. The summed E-state index contributed by atoms with van der Waals surface area (Å²) in [6, 6.07) is 26.5. The fraction of sp³-hybridized carbons (Fsp3) is 0.111. The zero-order valence-corrected chi connectivity index (χ0v) is 19.1. The second kappa shape index (κ2) is 9.23. The van der Waals surface area contributed by atoms with Gasteiger partial charge in [0.15, 0.2) is 0 Å². The Morgan fingerprint density at radius 3 is 2.27 bits per heavy atom. The normalized spacial score (nSPS) is 15.9. The number of allylic oxidation sites excluding steroid dienone is 2. The van der Waals surface area contributed by atoms with Crippen molar-refractivity contribution >= 4 is 28.9 Å². The van der Waals surface area contributed by atoms with Crippen LogP contribution in [0.25, 0.3) is 0 Å². The van der Waals surface area contributed by atoms with Crippen LogP contribution in [0.2, 0.25) is 5.02 Å². The number of rotatable bonds is 4. The minimum Gasteiger partial charge on any atom is -0.384 e. The van der Waals surface area contributed by atoms with Gasteiger partial charge in [-0.3, -0.25) is 9.69 Å². The smallest absolute Gasteiger partial charge is 0.254 e. The van der Waals surface area contributed by atoms with E-state index < -0.39 is 5.92 Å². The van der Waals surface area contributed by atoms with Crippen LogP contribution in [-0.2, 0) is 4.79 Å². The molecule has 3 aromatic carbocycles. The van der Waals surface area contributed by atoms with Gasteiger partial charge in [0.05, 0.1) is 17.6 Å². The third-order valence-electron chi connectivity index (χ3n) is 5.80. The number of aryl methyl sites for hydroxylation is 1. The minimum absolute atomic E-state index is 0.283. The lowest BCUT2D eigenvalue weighted by Crippen LogP contribution is -2.37. The molecular formula is C27H23ClN4O. The van der Waals surface area contributed by atoms with Crippen LogP contribution in [0.1, 0.15) is 24.0 Å². The first-order valence-electron chi connectivity index (χ1n) is 10.5. The number of nitrogens with two attached hydrogens (primary N) is 1. The average molecular weight is 455 g/mol. The maximum absolute atomic E-state index is 13.7. The van der Waals surface area contributed by atoms with Crippen LogP contribution in [0.5, 0.6) is 0 Å². The predicted molar refractivity (Wildman–Crippen MR) is 132 cm³/mol. The van der Waals surface area contributed by atoms with Crippen LogP contribution in [0.3, 0.4) is 0 Å². The Morgan fingerprint density at radius 2 is 1.64 bits per heavy atom. The maximum Gasteiger partial charge on any atom is 0.254 e. The molecular weight excluding hydrogens is 432 g/mol. The zero-order valence-electron chi connectivity index (χ0n) is 18.3. The Bertz CT molecular complexity index is 1300. The topological polar surface area (TPSA) is 82.1 Å². The van der Waals surface area contributed by atoms with Crippen molar-refractivity contribution in [2.45, 2.75) is 19.8 Å². The highest BCUT2D eigenvalue weighted by Gasteiger charge is 2.37. The van der Waals surface area contributed by atoms with Crippen molar-refractivity contribution in [2.75, 3.05) is 10.2 Å². The van der Waals surface area contributed by atoms with Gasteiger partial charge in [-0.2, -0.15) is 5.26 Å². The van der Waals surface area contributed by atoms with E-state index in [2.05, 4.69) is 11.4 Å². The van der Waals surface area contributed by atoms with Gasteiger partial charge in [0.25, 0.3) is 5.91 Å². The van der Waals surface area contributed by atoms with Gasteiger partial charge in [-0.05, 0) is 55.3 Å². The molecule has 0 spiro atoms. The van der Waals surface area contributed by atoms with Crippen molar-refractivity contribution in [3.05, 3.63) is 118 Å². The summed E-state index contributed by atoms with van der Waals surface area (Å²) in [5.74, 6) is -0.586. The average Bonchev–Trinajstić information content (AvgIpc) is 2.82. The summed E-state index contributed by atoms with van der Waals surface area (Å²) < 4.78 is 0. The first-order chi connectivity index (χ1) is 15.9. The number of benzene rings is 3. The molecule has 1 amide bonds. The van der Waals surface area contributed by atoms with Crippen molar-refractivity contribution < 1.29 is 4.79 Å². The molecule has 0 radical (unpaired) electrons. The van der Waals surface area contributed by atoms with E-state index in [-0.39, 0.29) is 5.91 Å². The molecule has 33 heavy (non-hydrogen) atoms. The summed E-state index contributed by atoms with van der Waals surface area (Å²) in [6.45, 7) is 3.78. The second-order valence-corrected chi connectivity index (χ2v) is 8.27. The van der Waals surface area contributed by atoms with E-state index in [0.717, 1.165) is 16.8 Å². The van der Waals surface area contributed by atoms with E-state index in [1.54, 1.807) is 17.0 Å². The highest BCUT2D eigenvalue weighted by atomic mass is 35.5. The lowest BCUT2D eigenvalue weighted by Gasteiger charge is -2.36. The van der Waals surface area contributed by atoms with E-state index in [9.17, 15) is 10.1 Å². The molecule has 5 nitrogen and oxygen atoms in total. The van der Waals surface area contributed by atoms with Crippen LogP contribution in [0, 0.1) is 18.3 Å². The number of amides is 1. The number of anilines is 2. The van der Waals surface area contributed by atoms with Crippen LogP contribution in [-0.4, -0.2) is 5.91 Å². The van der Waals surface area contributed by atoms with Gasteiger partial charge in [0, 0.05) is 27.7 Å². The zero-order chi connectivity index (χ0) is 23.5. The summed E-state index contributed by atoms with van der Waals surface area (Å²) in [5, 5.41) is 13.7. The molecule has 4 rings (SSSR count). The van der Waals surface area contributed by atoms with Crippen LogP contribution >= 0.6 is 11.6 Å². The summed E-state index contributed by atoms with van der Waals surface area (Å²) >= 11 is 6.08. The van der Waals surface area contributed by atoms with Gasteiger partial charge in [0.1, 0.15) is 5.82 Å². The predicted octanol–water partition coefficient (Wildman–Crippen LogP) is 5.86. The summed E-state index contributed by atoms with van der Waals surface area (Å²) in [4.78, 5) is 15.5. The molecule has 1 aliphatic heterocycles. The number of carbonyl (C=O) groups excluding carboxylic acids is 1. The number of para-hydroxylation sites is 1. The highest BCUT2D eigenvalue weighted by molar-refractivity contribution is 6.30. The molecule has 164 valence electrons. The molecule has 3 aromatic rings. The van der Waals surface area contributed by atoms with Gasteiger partial charge in [-0.1, -0.05) is 60.1 Å². The van der Waals surface area contributed by atoms with E-state index >= 15 is 0 Å². The second-order valence-electron chi connectivity index (χ2n) is 7.83. The van der Waals surface area contributed by atoms with E-state index in [0.29, 0.717) is 33.4 Å². The van der Waals surface area contributed by atoms with Crippen LogP contribution in [0.4, 0.5) is 11.4 Å². The molecule has 0 aromatic heterocycles. The minimum atomic E-state index is -0.594. The Labute approximate surface area is 198 Å². The van der Waals surface area contributed by atoms with Gasteiger partial charge >= 0.3 is 0 Å². The van der Waals surface area contributed by atoms with E-state index in [4.69, 9.17) is 17.3 Å². The molecule has 3 N–H and O–H groups in total. The lowest BCUT2D eigenvalue weighted by molar-refractivity contribution is -0.113. The maximum atomic E-state index is 13.7. The summed E-state index contributed by atoms with van der Waals surface area (Å²) in [7, 11) is 0. The third-order valence-corrected chi connectivity index (χ3v) is 6.05. The van der Waals surface area contributed by atoms with Crippen LogP contribution in [0.15, 0.2) is 102 Å². The quantitative estimate of drug-likeness (QED) is 0.517. The molecule has 0 bridgehead atoms. The van der Waals surface area contributed by atoms with Gasteiger partial charge in [0.2, 0.25) is 0 Å². The van der Waals surface area contributed by atoms with Gasteiger partial charge in [-0.15, -0.1) is 0 Å². The molecule has 6 heteroatoms. The number of nitrogens with one attached hydrogen (secondary N) is 1. The van der Waals surface area contributed by atoms with Crippen molar-refractivity contribution in [2.24, 2.45) is 5.73 Å². The molecule has 1 unspecified atom stereocenters. The first kappa shape index (κ1) is 22.2. The SMILES string of the molecule is CC1=C(C(=O)Nc2ccccc2C)C(c2ccccc2)C(C#N)=C(N)N1c1ccc(Cl)cc1. The molecule has 0 saturated heterocycles. The highest BCUT2D eigenvalue weighted by Crippen LogP contribution is 2.42. The Balaban J connectivity index is 1.90. The Kier molecular flexibility index (Phi) is 6.21. The molecule has 0 saturated carbocycles. The molecule has 0 aliphatic carbocycles. The van der Waals surface area contributed by atoms with Crippen molar-refractivity contribution in [1.29, 1.82) is 5.26 Å². The van der Waals surface area contributed by atoms with Crippen molar-refractivity contribution in [1.82, 2.24) is 0 Å². The fourth-order valence-corrected chi connectivity index (χ4v) is 4.27. The number of halogens is 1. The number of carbonyl (C=O) groups is 1. The standard InChI is InChI=1S/C27H23ClN4O/c1-17-8-6-7-11-23(17)31-27(33)24-18(2)32(21-14-12-20(28)13-15-21)26(30)22(16-29)25(24)19-9-4-3-5-10-19/h3-15,25H,30H2,1-2H3,(H,31,33). The number of nitriles is 1. The largest absolute Gasteiger partial charge is 0.384 e. The first-order valence-corrected chi connectivity index (χ1v) is 10.9. The molecule has 1 atom stereocenters. The van der Waals surface area contributed by atoms with Crippen molar-refractivity contribution in [3.8, 4) is 6.07 Å². The molecule has 1 heterocycles. The van der Waals surface area contributed by atoms with Gasteiger partial charge in [-0.25, -0.2) is 0 Å². The van der Waals surface area contributed by atoms with E-state index in [1.807, 2.05) is 80.6 Å².